The van der Waals surface area contributed by atoms with Crippen LogP contribution in [0.2, 0.25) is 10.0 Å². The third-order valence-electron chi connectivity index (χ3n) is 2.88. The summed E-state index contributed by atoms with van der Waals surface area (Å²) in [7, 11) is 0. The zero-order chi connectivity index (χ0) is 14.2. The van der Waals surface area contributed by atoms with Crippen molar-refractivity contribution in [1.82, 2.24) is 10.6 Å². The standard InChI is InChI=1S/C12H11Cl2N3OS/c1-5-9(11(15)18)10(17-12(19)16-5)6-2-3-7(13)8(14)4-6/h2-4,9-10H,1H2,(H2,15,18)(H2,16,17,19). The smallest absolute Gasteiger partial charge is 0.228 e. The molecule has 19 heavy (non-hydrogen) atoms. The fraction of sp³-hybridized carbons (Fsp3) is 0.167. The monoisotopic (exact) mass is 315 g/mol. The summed E-state index contributed by atoms with van der Waals surface area (Å²) in [5, 5.41) is 7.03. The highest BCUT2D eigenvalue weighted by Crippen LogP contribution is 2.32. The number of rotatable bonds is 2. The first kappa shape index (κ1) is 14.1. The van der Waals surface area contributed by atoms with Gasteiger partial charge in [-0.05, 0) is 29.9 Å². The molecule has 0 spiro atoms. The first-order valence-corrected chi connectivity index (χ1v) is 6.57. The van der Waals surface area contributed by atoms with Crippen LogP contribution < -0.4 is 16.4 Å². The Labute approximate surface area is 125 Å². The van der Waals surface area contributed by atoms with E-state index in [2.05, 4.69) is 17.2 Å². The topological polar surface area (TPSA) is 67.2 Å². The summed E-state index contributed by atoms with van der Waals surface area (Å²) in [4.78, 5) is 11.6. The first-order valence-electron chi connectivity index (χ1n) is 5.40. The molecular weight excluding hydrogens is 305 g/mol. The molecule has 1 aromatic rings. The summed E-state index contributed by atoms with van der Waals surface area (Å²) in [6.07, 6.45) is 0. The maximum Gasteiger partial charge on any atom is 0.228 e. The van der Waals surface area contributed by atoms with Gasteiger partial charge in [0.05, 0.1) is 16.1 Å². The molecule has 1 heterocycles. The number of halogens is 2. The van der Waals surface area contributed by atoms with Crippen molar-refractivity contribution in [3.63, 3.8) is 0 Å². The Kier molecular flexibility index (Phi) is 3.99. The molecule has 0 aromatic heterocycles. The van der Waals surface area contributed by atoms with E-state index >= 15 is 0 Å². The van der Waals surface area contributed by atoms with Gasteiger partial charge < -0.3 is 16.4 Å². The SMILES string of the molecule is C=C1NC(=S)NC(c2ccc(Cl)c(Cl)c2)C1C(N)=O. The third-order valence-corrected chi connectivity index (χ3v) is 3.84. The molecule has 2 rings (SSSR count). The number of thiocarbonyl (C=S) groups is 1. The molecule has 0 saturated carbocycles. The number of hydrogen-bond donors (Lipinski definition) is 3. The molecule has 0 aliphatic carbocycles. The number of nitrogens with two attached hydrogens (primary N) is 1. The molecular formula is C12H11Cl2N3OS. The van der Waals surface area contributed by atoms with Gasteiger partial charge in [0.1, 0.15) is 5.92 Å². The van der Waals surface area contributed by atoms with Crippen LogP contribution in [0, 0.1) is 5.92 Å². The largest absolute Gasteiger partial charge is 0.369 e. The molecule has 1 aliphatic heterocycles. The lowest BCUT2D eigenvalue weighted by Crippen LogP contribution is -2.52. The van der Waals surface area contributed by atoms with Crippen molar-refractivity contribution in [1.29, 1.82) is 0 Å². The molecule has 1 amide bonds. The lowest BCUT2D eigenvalue weighted by molar-refractivity contribution is -0.121. The second-order valence-electron chi connectivity index (χ2n) is 4.15. The van der Waals surface area contributed by atoms with Gasteiger partial charge in [-0.25, -0.2) is 0 Å². The Morgan fingerprint density at radius 2 is 2.05 bits per heavy atom. The van der Waals surface area contributed by atoms with E-state index in [0.29, 0.717) is 20.9 Å². The van der Waals surface area contributed by atoms with Crippen molar-refractivity contribution < 1.29 is 4.79 Å². The third kappa shape index (κ3) is 2.83. The minimum absolute atomic E-state index is 0.388. The summed E-state index contributed by atoms with van der Waals surface area (Å²) in [5.41, 5.74) is 6.65. The molecule has 1 aliphatic rings. The molecule has 1 fully saturated rings. The Balaban J connectivity index is 2.43. The second kappa shape index (κ2) is 5.36. The minimum Gasteiger partial charge on any atom is -0.369 e. The van der Waals surface area contributed by atoms with Crippen LogP contribution in [0.4, 0.5) is 0 Å². The highest BCUT2D eigenvalue weighted by Gasteiger charge is 2.35. The van der Waals surface area contributed by atoms with Crippen LogP contribution >= 0.6 is 35.4 Å². The van der Waals surface area contributed by atoms with Gasteiger partial charge in [-0.1, -0.05) is 35.8 Å². The summed E-state index contributed by atoms with van der Waals surface area (Å²) in [6.45, 7) is 3.78. The van der Waals surface area contributed by atoms with Crippen LogP contribution in [-0.2, 0) is 4.79 Å². The van der Waals surface area contributed by atoms with Crippen LogP contribution in [0.3, 0.4) is 0 Å². The van der Waals surface area contributed by atoms with E-state index in [1.807, 2.05) is 0 Å². The van der Waals surface area contributed by atoms with Gasteiger partial charge in [0.15, 0.2) is 5.11 Å². The Bertz CT molecular complexity index is 576. The molecule has 7 heteroatoms. The van der Waals surface area contributed by atoms with E-state index in [9.17, 15) is 4.79 Å². The van der Waals surface area contributed by atoms with Crippen LogP contribution in [-0.4, -0.2) is 11.0 Å². The second-order valence-corrected chi connectivity index (χ2v) is 5.38. The van der Waals surface area contributed by atoms with Gasteiger partial charge in [-0.2, -0.15) is 0 Å². The van der Waals surface area contributed by atoms with Crippen molar-refractivity contribution in [2.45, 2.75) is 6.04 Å². The average molecular weight is 316 g/mol. The molecule has 4 N–H and O–H groups in total. The maximum absolute atomic E-state index is 11.6. The van der Waals surface area contributed by atoms with E-state index in [1.165, 1.54) is 0 Å². The van der Waals surface area contributed by atoms with E-state index in [0.717, 1.165) is 5.56 Å². The Morgan fingerprint density at radius 3 is 2.63 bits per heavy atom. The number of primary amides is 1. The van der Waals surface area contributed by atoms with Crippen molar-refractivity contribution in [2.24, 2.45) is 11.7 Å². The maximum atomic E-state index is 11.6. The highest BCUT2D eigenvalue weighted by molar-refractivity contribution is 7.80. The van der Waals surface area contributed by atoms with Crippen LogP contribution in [0.25, 0.3) is 0 Å². The fourth-order valence-corrected chi connectivity index (χ4v) is 2.57. The molecule has 0 radical (unpaired) electrons. The van der Waals surface area contributed by atoms with E-state index < -0.39 is 17.9 Å². The molecule has 1 saturated heterocycles. The van der Waals surface area contributed by atoms with Gasteiger partial charge in [-0.3, -0.25) is 4.79 Å². The number of hydrogen-bond acceptors (Lipinski definition) is 2. The van der Waals surface area contributed by atoms with Crippen molar-refractivity contribution in [2.75, 3.05) is 0 Å². The quantitative estimate of drug-likeness (QED) is 0.731. The van der Waals surface area contributed by atoms with Gasteiger partial charge >= 0.3 is 0 Å². The van der Waals surface area contributed by atoms with Gasteiger partial charge in [0, 0.05) is 5.70 Å². The number of nitrogens with one attached hydrogen (secondary N) is 2. The van der Waals surface area contributed by atoms with Crippen LogP contribution in [0.1, 0.15) is 11.6 Å². The highest BCUT2D eigenvalue weighted by atomic mass is 35.5. The Hall–Kier alpha value is -1.30. The van der Waals surface area contributed by atoms with Gasteiger partial charge in [-0.15, -0.1) is 0 Å². The van der Waals surface area contributed by atoms with E-state index in [1.54, 1.807) is 18.2 Å². The van der Waals surface area contributed by atoms with Crippen molar-refractivity contribution >= 4 is 46.4 Å². The summed E-state index contributed by atoms with van der Waals surface area (Å²) in [6, 6.07) is 4.70. The summed E-state index contributed by atoms with van der Waals surface area (Å²) in [5.74, 6) is -1.12. The molecule has 2 atom stereocenters. The predicted octanol–water partition coefficient (Wildman–Crippen LogP) is 2.13. The fourth-order valence-electron chi connectivity index (χ4n) is 2.00. The van der Waals surface area contributed by atoms with Crippen molar-refractivity contribution in [3.05, 3.63) is 46.1 Å². The molecule has 100 valence electrons. The van der Waals surface area contributed by atoms with Gasteiger partial charge in [0.2, 0.25) is 5.91 Å². The zero-order valence-corrected chi connectivity index (χ0v) is 12.1. The molecule has 4 nitrogen and oxygen atoms in total. The lowest BCUT2D eigenvalue weighted by atomic mass is 9.88. The van der Waals surface area contributed by atoms with Crippen LogP contribution in [0.5, 0.6) is 0 Å². The predicted molar refractivity (Wildman–Crippen MR) is 79.9 cm³/mol. The zero-order valence-electron chi connectivity index (χ0n) is 9.74. The first-order chi connectivity index (χ1) is 8.90. The Morgan fingerprint density at radius 1 is 1.37 bits per heavy atom. The molecule has 1 aromatic carbocycles. The number of carbonyl (C=O) groups is 1. The molecule has 2 unspecified atom stereocenters. The number of carbonyl (C=O) groups excluding carboxylic acids is 1. The summed E-state index contributed by atoms with van der Waals surface area (Å²) >= 11 is 16.9. The van der Waals surface area contributed by atoms with Gasteiger partial charge in [0.25, 0.3) is 0 Å². The van der Waals surface area contributed by atoms with Crippen LogP contribution in [0.15, 0.2) is 30.5 Å². The van der Waals surface area contributed by atoms with E-state index in [-0.39, 0.29) is 0 Å². The number of benzene rings is 1. The summed E-state index contributed by atoms with van der Waals surface area (Å²) < 4.78 is 0. The lowest BCUT2D eigenvalue weighted by Gasteiger charge is -2.34. The van der Waals surface area contributed by atoms with Crippen molar-refractivity contribution in [3.8, 4) is 0 Å². The number of amides is 1. The van der Waals surface area contributed by atoms with E-state index in [4.69, 9.17) is 41.2 Å². The minimum atomic E-state index is -0.621. The molecule has 0 bridgehead atoms. The average Bonchev–Trinajstić information content (AvgIpc) is 2.31. The normalized spacial score (nSPS) is 22.6.